The molecule has 1 N–H and O–H groups in total. The van der Waals surface area contributed by atoms with Crippen LogP contribution in [-0.2, 0) is 15.1 Å². The van der Waals surface area contributed by atoms with Gasteiger partial charge in [-0.1, -0.05) is 30.3 Å². The van der Waals surface area contributed by atoms with Crippen molar-refractivity contribution in [2.45, 2.75) is 24.5 Å². The van der Waals surface area contributed by atoms with Crippen LogP contribution in [0.5, 0.6) is 0 Å². The van der Waals surface area contributed by atoms with E-state index in [1.54, 1.807) is 23.3 Å². The summed E-state index contributed by atoms with van der Waals surface area (Å²) in [6, 6.07) is 9.29. The third kappa shape index (κ3) is 2.75. The highest BCUT2D eigenvalue weighted by Crippen LogP contribution is 2.33. The van der Waals surface area contributed by atoms with Crippen molar-refractivity contribution in [3.05, 3.63) is 54.6 Å². The molecule has 6 heteroatoms. The summed E-state index contributed by atoms with van der Waals surface area (Å²) in [5.41, 5.74) is -0.606. The molecule has 6 nitrogen and oxygen atoms in total. The van der Waals surface area contributed by atoms with Crippen LogP contribution in [0.3, 0.4) is 0 Å². The molecule has 25 heavy (non-hydrogen) atoms. The van der Waals surface area contributed by atoms with Crippen molar-refractivity contribution in [3.63, 3.8) is 0 Å². The lowest BCUT2D eigenvalue weighted by Gasteiger charge is -2.45. The van der Waals surface area contributed by atoms with Gasteiger partial charge in [0.15, 0.2) is 5.54 Å². The summed E-state index contributed by atoms with van der Waals surface area (Å²) in [6.07, 6.45) is 6.89. The Labute approximate surface area is 147 Å². The molecule has 3 aliphatic heterocycles. The number of aliphatic hydroxyl groups excluding tert-OH is 1. The van der Waals surface area contributed by atoms with E-state index in [-0.39, 0.29) is 12.7 Å². The first kappa shape index (κ1) is 16.3. The van der Waals surface area contributed by atoms with Gasteiger partial charge in [-0.05, 0) is 37.4 Å². The van der Waals surface area contributed by atoms with Gasteiger partial charge in [-0.2, -0.15) is 0 Å². The summed E-state index contributed by atoms with van der Waals surface area (Å²) in [5.74, 6) is 0.00172. The number of rotatable bonds is 5. The van der Waals surface area contributed by atoms with E-state index in [2.05, 4.69) is 9.88 Å². The van der Waals surface area contributed by atoms with Crippen LogP contribution < -0.4 is 0 Å². The Kier molecular flexibility index (Phi) is 4.31. The summed E-state index contributed by atoms with van der Waals surface area (Å²) in [5, 5.41) is 10.3. The first-order chi connectivity index (χ1) is 12.2. The fraction of sp³-hybridized carbons (Fsp3) is 0.474. The van der Waals surface area contributed by atoms with Gasteiger partial charge in [-0.25, -0.2) is 9.78 Å². The van der Waals surface area contributed by atoms with Crippen molar-refractivity contribution >= 4 is 5.97 Å². The zero-order chi connectivity index (χ0) is 17.3. The Bertz CT molecular complexity index is 711. The molecule has 0 saturated carbocycles. The highest BCUT2D eigenvalue weighted by atomic mass is 16.5. The molecule has 3 aliphatic rings. The van der Waals surface area contributed by atoms with Gasteiger partial charge < -0.3 is 14.4 Å². The molecule has 0 spiro atoms. The number of piperidine rings is 3. The number of nitrogens with zero attached hydrogens (tertiary/aromatic N) is 3. The van der Waals surface area contributed by atoms with Crippen LogP contribution in [0.1, 0.15) is 18.4 Å². The van der Waals surface area contributed by atoms with Crippen molar-refractivity contribution in [1.82, 2.24) is 14.5 Å². The molecule has 3 saturated heterocycles. The Morgan fingerprint density at radius 1 is 1.28 bits per heavy atom. The highest BCUT2D eigenvalue weighted by molar-refractivity contribution is 5.83. The molecule has 0 aliphatic carbocycles. The molecule has 1 aromatic carbocycles. The molecule has 5 rings (SSSR count). The molecule has 0 amide bonds. The van der Waals surface area contributed by atoms with Crippen molar-refractivity contribution < 1.29 is 14.6 Å². The summed E-state index contributed by atoms with van der Waals surface area (Å²) >= 11 is 0. The number of ether oxygens (including phenoxy) is 1. The van der Waals surface area contributed by atoms with Crippen molar-refractivity contribution in [2.75, 3.05) is 26.2 Å². The van der Waals surface area contributed by atoms with Gasteiger partial charge in [0.1, 0.15) is 6.10 Å². The lowest BCUT2D eigenvalue weighted by Crippen LogP contribution is -2.55. The third-order valence-corrected chi connectivity index (χ3v) is 5.62. The number of imidazole rings is 1. The molecule has 2 bridgehead atoms. The zero-order valence-electron chi connectivity index (χ0n) is 14.1. The summed E-state index contributed by atoms with van der Waals surface area (Å²) < 4.78 is 7.62. The normalized spacial score (nSPS) is 27.6. The minimum Gasteiger partial charge on any atom is -0.459 e. The lowest BCUT2D eigenvalue weighted by atomic mass is 9.85. The fourth-order valence-electron chi connectivity index (χ4n) is 4.09. The van der Waals surface area contributed by atoms with E-state index >= 15 is 0 Å². The average molecular weight is 341 g/mol. The topological polar surface area (TPSA) is 67.6 Å². The molecule has 2 atom stereocenters. The Morgan fingerprint density at radius 3 is 2.60 bits per heavy atom. The molecule has 4 heterocycles. The Balaban J connectivity index is 1.67. The Morgan fingerprint density at radius 2 is 2.04 bits per heavy atom. The van der Waals surface area contributed by atoms with Crippen LogP contribution in [0.25, 0.3) is 0 Å². The van der Waals surface area contributed by atoms with E-state index in [1.165, 1.54) is 0 Å². The third-order valence-electron chi connectivity index (χ3n) is 5.62. The second-order valence-electron chi connectivity index (χ2n) is 6.94. The minimum atomic E-state index is -1.30. The second-order valence-corrected chi connectivity index (χ2v) is 6.94. The molecule has 1 aromatic heterocycles. The molecular weight excluding hydrogens is 318 g/mol. The molecule has 132 valence electrons. The van der Waals surface area contributed by atoms with Gasteiger partial charge in [0.2, 0.25) is 0 Å². The van der Waals surface area contributed by atoms with E-state index in [0.29, 0.717) is 11.5 Å². The largest absolute Gasteiger partial charge is 0.459 e. The van der Waals surface area contributed by atoms with Crippen LogP contribution >= 0.6 is 0 Å². The minimum absolute atomic E-state index is 0.104. The van der Waals surface area contributed by atoms with Crippen LogP contribution in [0.15, 0.2) is 49.1 Å². The summed E-state index contributed by atoms with van der Waals surface area (Å²) in [7, 11) is 0. The van der Waals surface area contributed by atoms with E-state index in [4.69, 9.17) is 4.74 Å². The number of carbonyl (C=O) groups is 1. The van der Waals surface area contributed by atoms with Gasteiger partial charge in [-0.3, -0.25) is 4.90 Å². The van der Waals surface area contributed by atoms with Gasteiger partial charge in [0.05, 0.1) is 12.9 Å². The van der Waals surface area contributed by atoms with Crippen molar-refractivity contribution in [1.29, 1.82) is 0 Å². The summed E-state index contributed by atoms with van der Waals surface area (Å²) in [4.78, 5) is 19.7. The summed E-state index contributed by atoms with van der Waals surface area (Å²) in [6.45, 7) is 2.58. The number of aromatic nitrogens is 2. The van der Waals surface area contributed by atoms with Gasteiger partial charge >= 0.3 is 5.97 Å². The SMILES string of the molecule is O=C(O[C@H]1CN2CCC1CC2)C(CO)(c1ccccc1)n1ccnc1. The molecule has 0 radical (unpaired) electrons. The van der Waals surface area contributed by atoms with E-state index in [1.807, 2.05) is 30.3 Å². The number of hydrogen-bond donors (Lipinski definition) is 1. The first-order valence-corrected chi connectivity index (χ1v) is 8.82. The zero-order valence-corrected chi connectivity index (χ0v) is 14.1. The maximum Gasteiger partial charge on any atom is 0.339 e. The predicted molar refractivity (Wildman–Crippen MR) is 91.9 cm³/mol. The number of aliphatic hydroxyl groups is 1. The van der Waals surface area contributed by atoms with Gasteiger partial charge in [-0.15, -0.1) is 0 Å². The lowest BCUT2D eigenvalue weighted by molar-refractivity contribution is -0.169. The quantitative estimate of drug-likeness (QED) is 0.829. The van der Waals surface area contributed by atoms with E-state index in [0.717, 1.165) is 32.5 Å². The van der Waals surface area contributed by atoms with Crippen LogP contribution in [0, 0.1) is 5.92 Å². The molecular formula is C19H23N3O3. The second kappa shape index (κ2) is 6.61. The maximum absolute atomic E-state index is 13.3. The van der Waals surface area contributed by atoms with Crippen LogP contribution in [0.4, 0.5) is 0 Å². The Hall–Kier alpha value is -2.18. The number of carbonyl (C=O) groups excluding carboxylic acids is 1. The molecule has 2 aromatic rings. The van der Waals surface area contributed by atoms with E-state index in [9.17, 15) is 9.90 Å². The smallest absolute Gasteiger partial charge is 0.339 e. The van der Waals surface area contributed by atoms with E-state index < -0.39 is 11.5 Å². The fourth-order valence-corrected chi connectivity index (χ4v) is 4.09. The molecule has 3 fully saturated rings. The van der Waals surface area contributed by atoms with Gasteiger partial charge in [0.25, 0.3) is 0 Å². The maximum atomic E-state index is 13.3. The number of benzene rings is 1. The standard InChI is InChI=1S/C19H23N3O3/c23-13-19(22-11-8-20-14-22,16-4-2-1-3-5-16)18(24)25-17-12-21-9-6-15(17)7-10-21/h1-5,8,11,14-15,17,23H,6-7,9-10,12-13H2/t17-,19?/m0/s1. The van der Waals surface area contributed by atoms with Crippen LogP contribution in [-0.4, -0.2) is 57.9 Å². The number of esters is 1. The monoisotopic (exact) mass is 341 g/mol. The van der Waals surface area contributed by atoms with Crippen molar-refractivity contribution in [2.24, 2.45) is 5.92 Å². The average Bonchev–Trinajstić information content (AvgIpc) is 3.20. The van der Waals surface area contributed by atoms with Crippen LogP contribution in [0.2, 0.25) is 0 Å². The number of fused-ring (bicyclic) bond motifs is 3. The predicted octanol–water partition coefficient (Wildman–Crippen LogP) is 1.26. The van der Waals surface area contributed by atoms with Crippen molar-refractivity contribution in [3.8, 4) is 0 Å². The number of hydrogen-bond acceptors (Lipinski definition) is 5. The highest BCUT2D eigenvalue weighted by Gasteiger charge is 2.46. The van der Waals surface area contributed by atoms with Gasteiger partial charge in [0, 0.05) is 18.9 Å². The first-order valence-electron chi connectivity index (χ1n) is 8.82. The molecule has 1 unspecified atom stereocenters.